The van der Waals surface area contributed by atoms with Gasteiger partial charge in [-0.15, -0.1) is 0 Å². The molecule has 0 radical (unpaired) electrons. The third kappa shape index (κ3) is 10.9. The van der Waals surface area contributed by atoms with E-state index in [0.717, 1.165) is 101 Å². The van der Waals surface area contributed by atoms with Crippen LogP contribution in [0, 0.1) is 39.3 Å². The molecule has 0 N–H and O–H groups in total. The molecule has 5 heteroatoms. The molecule has 0 aliphatic heterocycles. The summed E-state index contributed by atoms with van der Waals surface area (Å²) in [7, 11) is 0. The van der Waals surface area contributed by atoms with Gasteiger partial charge >= 0.3 is 0 Å². The van der Waals surface area contributed by atoms with Gasteiger partial charge in [0, 0.05) is 23.0 Å². The molecular weight excluding hydrogens is 1230 g/mol. The van der Waals surface area contributed by atoms with E-state index in [1.807, 2.05) is 84.9 Å². The van der Waals surface area contributed by atoms with Crippen molar-refractivity contribution in [1.82, 2.24) is 0 Å². The summed E-state index contributed by atoms with van der Waals surface area (Å²) in [6, 6.07) is 109. The van der Waals surface area contributed by atoms with Crippen molar-refractivity contribution in [2.45, 2.75) is 44.4 Å². The molecule has 14 aromatic rings. The van der Waals surface area contributed by atoms with E-state index in [0.29, 0.717) is 0 Å². The van der Waals surface area contributed by atoms with Crippen molar-refractivity contribution in [2.75, 3.05) is 4.90 Å². The van der Waals surface area contributed by atoms with Crippen LogP contribution in [0.3, 0.4) is 0 Å². The van der Waals surface area contributed by atoms with Crippen LogP contribution in [0.2, 0.25) is 0 Å². The summed E-state index contributed by atoms with van der Waals surface area (Å²) in [5.41, 5.74) is 27.2. The van der Waals surface area contributed by atoms with Crippen LogP contribution in [0.4, 0.5) is 25.8 Å². The number of nitrogens with zero attached hydrogens (tertiary/aromatic N) is 1. The lowest BCUT2D eigenvalue weighted by Gasteiger charge is -2.36. The molecule has 3 atom stereocenters. The monoisotopic (exact) mass is 1300 g/mol. The number of hydrogen-bond acceptors (Lipinski definition) is 3. The predicted octanol–water partition coefficient (Wildman–Crippen LogP) is 25.1. The number of aryl methyl sites for hydroxylation is 4. The molecule has 14 aromatic carbocycles. The zero-order chi connectivity index (χ0) is 68.2. The number of ether oxygens (including phenoxy) is 2. The molecule has 0 bridgehead atoms. The van der Waals surface area contributed by atoms with Gasteiger partial charge < -0.3 is 14.4 Å². The van der Waals surface area contributed by atoms with Gasteiger partial charge in [0.1, 0.15) is 34.6 Å². The van der Waals surface area contributed by atoms with E-state index in [1.165, 1.54) is 78.9 Å². The Hall–Kier alpha value is -12.2. The Balaban J connectivity index is 0.774. The Morgan fingerprint density at radius 2 is 0.680 bits per heavy atom. The van der Waals surface area contributed by atoms with Crippen molar-refractivity contribution >= 4 is 29.2 Å². The lowest BCUT2D eigenvalue weighted by atomic mass is 9.65. The first-order chi connectivity index (χ1) is 48.9. The Kier molecular flexibility index (Phi) is 16.1. The Labute approximate surface area is 584 Å². The minimum Gasteiger partial charge on any atom is -0.457 e. The summed E-state index contributed by atoms with van der Waals surface area (Å²) in [4.78, 5) is 2.23. The maximum atomic E-state index is 15.1. The highest BCUT2D eigenvalue weighted by atomic mass is 19.1. The molecule has 0 spiro atoms. The lowest BCUT2D eigenvalue weighted by molar-refractivity contribution is 0.482. The van der Waals surface area contributed by atoms with Gasteiger partial charge in [-0.25, -0.2) is 8.78 Å². The van der Waals surface area contributed by atoms with Crippen LogP contribution in [0.15, 0.2) is 329 Å². The number of benzene rings is 14. The van der Waals surface area contributed by atoms with E-state index >= 15 is 8.78 Å². The number of fused-ring (bicyclic) bond motifs is 6. The van der Waals surface area contributed by atoms with Gasteiger partial charge in [-0.1, -0.05) is 243 Å². The van der Waals surface area contributed by atoms with Gasteiger partial charge in [-0.05, 0) is 254 Å². The minimum atomic E-state index is -0.733. The summed E-state index contributed by atoms with van der Waals surface area (Å²) in [5, 5.41) is 0. The summed E-state index contributed by atoms with van der Waals surface area (Å²) in [5.74, 6) is 2.12. The largest absolute Gasteiger partial charge is 0.457 e. The third-order valence-corrected chi connectivity index (χ3v) is 20.6. The van der Waals surface area contributed by atoms with E-state index in [2.05, 4.69) is 264 Å². The Bertz CT molecular complexity index is 5090. The number of hydrogen-bond donors (Lipinski definition) is 0. The maximum absolute atomic E-state index is 15.1. The molecule has 0 amide bonds. The molecule has 0 saturated heterocycles. The van der Waals surface area contributed by atoms with Gasteiger partial charge in [0.15, 0.2) is 0 Å². The highest BCUT2D eigenvalue weighted by Gasteiger charge is 2.49. The van der Waals surface area contributed by atoms with E-state index < -0.39 is 10.8 Å². The van der Waals surface area contributed by atoms with E-state index in [9.17, 15) is 0 Å². The van der Waals surface area contributed by atoms with Crippen molar-refractivity contribution in [1.29, 1.82) is 0 Å². The van der Waals surface area contributed by atoms with Crippen LogP contribution in [0.25, 0.3) is 45.5 Å². The Morgan fingerprint density at radius 3 is 1.14 bits per heavy atom. The second-order valence-corrected chi connectivity index (χ2v) is 26.5. The van der Waals surface area contributed by atoms with Crippen molar-refractivity contribution in [3.8, 4) is 56.4 Å². The molecular formula is C95H71F2NO2. The second kappa shape index (κ2) is 25.7. The first-order valence-corrected chi connectivity index (χ1v) is 34.1. The van der Waals surface area contributed by atoms with Crippen molar-refractivity contribution < 1.29 is 18.3 Å². The third-order valence-electron chi connectivity index (χ3n) is 20.6. The normalized spacial score (nSPS) is 15.0. The SMILES string of the molecule is C=Cc1ccc(Oc2ccc(C3(c4cc(C)ccc4C)c4ccccc4-c4ccc(C(c5ccc(F)cc5)c5ccc(-c6ccc(N(c7ccc(F)cc7)c7ccc8c(c7)C(c7ccc(Oc9ccc(C=C)cc9)cc7)(c7cc(C)ccc7C)c7ccccc7-8)cc6)cc5)cc43)cc2)cc1. The van der Waals surface area contributed by atoms with Crippen LogP contribution < -0.4 is 14.4 Å². The summed E-state index contributed by atoms with van der Waals surface area (Å²) < 4.78 is 43.0. The average molecular weight is 1300 g/mol. The van der Waals surface area contributed by atoms with Crippen LogP contribution in [0.5, 0.6) is 23.0 Å². The molecule has 3 nitrogen and oxygen atoms in total. The summed E-state index contributed by atoms with van der Waals surface area (Å²) in [6.45, 7) is 16.6. The van der Waals surface area contributed by atoms with Crippen LogP contribution in [-0.2, 0) is 10.8 Å². The molecule has 0 heterocycles. The minimum absolute atomic E-state index is 0.261. The molecule has 2 aliphatic carbocycles. The molecule has 0 fully saturated rings. The highest BCUT2D eigenvalue weighted by Crippen LogP contribution is 2.60. The van der Waals surface area contributed by atoms with E-state index in [1.54, 1.807) is 12.1 Å². The molecule has 100 heavy (non-hydrogen) atoms. The quantitative estimate of drug-likeness (QED) is 0.0848. The number of rotatable bonds is 17. The van der Waals surface area contributed by atoms with E-state index in [-0.39, 0.29) is 17.6 Å². The van der Waals surface area contributed by atoms with Gasteiger partial charge in [-0.2, -0.15) is 0 Å². The second-order valence-electron chi connectivity index (χ2n) is 26.5. The molecule has 16 rings (SSSR count). The van der Waals surface area contributed by atoms with Gasteiger partial charge in [0.25, 0.3) is 0 Å². The highest BCUT2D eigenvalue weighted by molar-refractivity contribution is 5.91. The smallest absolute Gasteiger partial charge is 0.127 e. The van der Waals surface area contributed by atoms with Crippen LogP contribution in [-0.4, -0.2) is 0 Å². The number of anilines is 3. The van der Waals surface area contributed by atoms with Crippen LogP contribution >= 0.6 is 0 Å². The first kappa shape index (κ1) is 62.6. The topological polar surface area (TPSA) is 21.7 Å². The van der Waals surface area contributed by atoms with Gasteiger partial charge in [0.2, 0.25) is 0 Å². The van der Waals surface area contributed by atoms with Crippen molar-refractivity contribution in [3.05, 3.63) is 435 Å². The zero-order valence-corrected chi connectivity index (χ0v) is 56.2. The first-order valence-electron chi connectivity index (χ1n) is 34.1. The molecule has 0 aromatic heterocycles. The standard InChI is InChI=1S/C95H71F2NO2/c1-7-65-21-47-79(48-22-65)99-81-51-34-72(35-52-81)94(89-57-61(3)17-19-63(89)5)87-15-11-9-13-83(87)85-55-33-71(59-91(85)94)93(70-29-38-74(96)39-30-70)69-27-25-67(26-28-69)68-31-42-76(43-32-68)98(77-44-40-75(97)41-45-77)78-46-56-86-84-14-10-12-16-88(84)95(92(86)60-78,90-58-62(4)18-20-64(90)6)73-36-53-82(54-37-73)100-80-49-23-66(8-2)24-50-80/h7-60,93H,1-2H2,3-6H3. The van der Waals surface area contributed by atoms with Crippen molar-refractivity contribution in [2.24, 2.45) is 0 Å². The van der Waals surface area contributed by atoms with Gasteiger partial charge in [-0.3, -0.25) is 0 Å². The molecule has 482 valence electrons. The maximum Gasteiger partial charge on any atom is 0.127 e. The molecule has 0 saturated carbocycles. The van der Waals surface area contributed by atoms with E-state index in [4.69, 9.17) is 9.47 Å². The fourth-order valence-electron chi connectivity index (χ4n) is 15.8. The molecule has 2 aliphatic rings. The Morgan fingerprint density at radius 1 is 0.320 bits per heavy atom. The summed E-state index contributed by atoms with van der Waals surface area (Å²) in [6.07, 6.45) is 3.66. The fourth-order valence-corrected chi connectivity index (χ4v) is 15.8. The zero-order valence-electron chi connectivity index (χ0n) is 56.2. The van der Waals surface area contributed by atoms with Gasteiger partial charge in [0.05, 0.1) is 10.8 Å². The summed E-state index contributed by atoms with van der Waals surface area (Å²) >= 11 is 0. The lowest BCUT2D eigenvalue weighted by Crippen LogP contribution is -2.30. The van der Waals surface area contributed by atoms with Crippen molar-refractivity contribution in [3.63, 3.8) is 0 Å². The predicted molar refractivity (Wildman–Crippen MR) is 407 cm³/mol. The molecule has 3 unspecified atom stereocenters. The van der Waals surface area contributed by atoms with Crippen LogP contribution in [0.1, 0.15) is 100 Å². The average Bonchev–Trinajstić information content (AvgIpc) is 1.53. The fraction of sp³-hybridized carbons (Fsp3) is 0.0737. The number of halogens is 2.